The maximum Gasteiger partial charge on any atom is 0.247 e. The molecule has 2 aromatic carbocycles. The van der Waals surface area contributed by atoms with Crippen molar-refractivity contribution in [1.29, 1.82) is 0 Å². The molecule has 37 heavy (non-hydrogen) atoms. The number of carbonyl (C=O) groups is 1. The predicted molar refractivity (Wildman–Crippen MR) is 147 cm³/mol. The quantitative estimate of drug-likeness (QED) is 0.410. The number of carbonyl (C=O) groups excluding carboxylic acids is 1. The number of aromatic nitrogens is 1. The number of hydrogen-bond acceptors (Lipinski definition) is 7. The number of halogens is 1. The SMILES string of the molecule is Cc1ccc(S(=O)(=O)N2CCCC2C(=O)N(CCCN2CCOCC2)c2nc3ccc(Cl)cc3s2)cc1. The molecule has 198 valence electrons. The average Bonchev–Trinajstić information content (AvgIpc) is 3.55. The molecule has 2 fully saturated rings. The van der Waals surface area contributed by atoms with Gasteiger partial charge in [0, 0.05) is 37.7 Å². The van der Waals surface area contributed by atoms with E-state index < -0.39 is 16.1 Å². The molecule has 2 saturated heterocycles. The number of nitrogens with zero attached hydrogens (tertiary/aromatic N) is 4. The fourth-order valence-corrected chi connectivity index (χ4v) is 7.80. The van der Waals surface area contributed by atoms with E-state index in [1.165, 1.54) is 15.6 Å². The second-order valence-electron chi connectivity index (χ2n) is 9.49. The third kappa shape index (κ3) is 5.84. The van der Waals surface area contributed by atoms with Gasteiger partial charge in [-0.15, -0.1) is 0 Å². The Hall–Kier alpha value is -2.08. The lowest BCUT2D eigenvalue weighted by Crippen LogP contribution is -2.48. The van der Waals surface area contributed by atoms with Gasteiger partial charge < -0.3 is 4.74 Å². The fraction of sp³-hybridized carbons (Fsp3) is 0.462. The number of thiazole rings is 1. The maximum atomic E-state index is 14.0. The highest BCUT2D eigenvalue weighted by atomic mass is 35.5. The third-order valence-electron chi connectivity index (χ3n) is 6.91. The molecule has 1 unspecified atom stereocenters. The predicted octanol–water partition coefficient (Wildman–Crippen LogP) is 4.17. The van der Waals surface area contributed by atoms with Crippen LogP contribution < -0.4 is 4.90 Å². The Balaban J connectivity index is 1.41. The number of anilines is 1. The first-order valence-corrected chi connectivity index (χ1v) is 15.2. The van der Waals surface area contributed by atoms with E-state index in [0.717, 1.165) is 55.0 Å². The van der Waals surface area contributed by atoms with Crippen molar-refractivity contribution in [2.75, 3.05) is 50.8 Å². The van der Waals surface area contributed by atoms with Gasteiger partial charge in [-0.2, -0.15) is 4.31 Å². The van der Waals surface area contributed by atoms with Crippen LogP contribution >= 0.6 is 22.9 Å². The molecule has 0 bridgehead atoms. The molecular formula is C26H31ClN4O4S2. The molecule has 5 rings (SSSR count). The zero-order valence-electron chi connectivity index (χ0n) is 20.8. The van der Waals surface area contributed by atoms with Crippen LogP contribution in [0.15, 0.2) is 47.4 Å². The summed E-state index contributed by atoms with van der Waals surface area (Å²) in [7, 11) is -3.80. The lowest BCUT2D eigenvalue weighted by atomic mass is 10.2. The van der Waals surface area contributed by atoms with Gasteiger partial charge in [-0.25, -0.2) is 13.4 Å². The Bertz CT molecular complexity index is 1360. The molecule has 3 heterocycles. The van der Waals surface area contributed by atoms with Crippen molar-refractivity contribution in [1.82, 2.24) is 14.2 Å². The zero-order valence-corrected chi connectivity index (χ0v) is 23.2. The number of hydrogen-bond donors (Lipinski definition) is 0. The summed E-state index contributed by atoms with van der Waals surface area (Å²) in [6, 6.07) is 11.5. The van der Waals surface area contributed by atoms with Crippen LogP contribution in [-0.2, 0) is 19.6 Å². The van der Waals surface area contributed by atoms with Gasteiger partial charge in [0.25, 0.3) is 0 Å². The van der Waals surface area contributed by atoms with Crippen LogP contribution in [0.1, 0.15) is 24.8 Å². The highest BCUT2D eigenvalue weighted by Crippen LogP contribution is 2.34. The van der Waals surface area contributed by atoms with Crippen molar-refractivity contribution in [2.24, 2.45) is 0 Å². The molecule has 8 nitrogen and oxygen atoms in total. The van der Waals surface area contributed by atoms with Gasteiger partial charge in [0.15, 0.2) is 5.13 Å². The Morgan fingerprint density at radius 1 is 1.16 bits per heavy atom. The summed E-state index contributed by atoms with van der Waals surface area (Å²) in [4.78, 5) is 23.0. The van der Waals surface area contributed by atoms with Crippen LogP contribution in [0.5, 0.6) is 0 Å². The molecule has 0 radical (unpaired) electrons. The van der Waals surface area contributed by atoms with Gasteiger partial charge in [-0.3, -0.25) is 14.6 Å². The normalized spacial score (nSPS) is 19.5. The minimum Gasteiger partial charge on any atom is -0.379 e. The van der Waals surface area contributed by atoms with E-state index in [2.05, 4.69) is 4.90 Å². The monoisotopic (exact) mass is 562 g/mol. The Labute approximate surface area is 226 Å². The summed E-state index contributed by atoms with van der Waals surface area (Å²) in [6.07, 6.45) is 1.87. The van der Waals surface area contributed by atoms with Gasteiger partial charge in [0.1, 0.15) is 6.04 Å². The first-order valence-electron chi connectivity index (χ1n) is 12.6. The number of sulfonamides is 1. The van der Waals surface area contributed by atoms with Crippen molar-refractivity contribution in [3.8, 4) is 0 Å². The van der Waals surface area contributed by atoms with E-state index in [1.807, 2.05) is 19.1 Å². The van der Waals surface area contributed by atoms with E-state index in [1.54, 1.807) is 35.2 Å². The minimum absolute atomic E-state index is 0.214. The van der Waals surface area contributed by atoms with Crippen molar-refractivity contribution in [2.45, 2.75) is 37.1 Å². The van der Waals surface area contributed by atoms with Crippen LogP contribution in [-0.4, -0.2) is 80.5 Å². The lowest BCUT2D eigenvalue weighted by molar-refractivity contribution is -0.121. The molecule has 0 aliphatic carbocycles. The van der Waals surface area contributed by atoms with E-state index in [9.17, 15) is 13.2 Å². The van der Waals surface area contributed by atoms with E-state index >= 15 is 0 Å². The number of ether oxygens (including phenoxy) is 1. The molecule has 0 spiro atoms. The molecule has 11 heteroatoms. The number of fused-ring (bicyclic) bond motifs is 1. The van der Waals surface area contributed by atoms with Crippen molar-refractivity contribution in [3.63, 3.8) is 0 Å². The zero-order chi connectivity index (χ0) is 26.0. The maximum absolute atomic E-state index is 14.0. The number of aryl methyl sites for hydroxylation is 1. The largest absolute Gasteiger partial charge is 0.379 e. The third-order valence-corrected chi connectivity index (χ3v) is 10.1. The van der Waals surface area contributed by atoms with Gasteiger partial charge in [-0.05, 0) is 56.5 Å². The summed E-state index contributed by atoms with van der Waals surface area (Å²) >= 11 is 7.60. The number of rotatable bonds is 8. The summed E-state index contributed by atoms with van der Waals surface area (Å²) in [5.41, 5.74) is 1.75. The first kappa shape index (κ1) is 26.5. The highest BCUT2D eigenvalue weighted by Gasteiger charge is 2.42. The number of amides is 1. The van der Waals surface area contributed by atoms with Crippen molar-refractivity contribution in [3.05, 3.63) is 53.1 Å². The highest BCUT2D eigenvalue weighted by molar-refractivity contribution is 7.89. The van der Waals surface area contributed by atoms with Crippen molar-refractivity contribution >= 4 is 54.2 Å². The summed E-state index contributed by atoms with van der Waals surface area (Å²) < 4.78 is 34.8. The Morgan fingerprint density at radius 3 is 2.68 bits per heavy atom. The smallest absolute Gasteiger partial charge is 0.247 e. The molecule has 0 N–H and O–H groups in total. The molecule has 1 atom stereocenters. The van der Waals surface area contributed by atoms with E-state index in [0.29, 0.717) is 36.1 Å². The van der Waals surface area contributed by atoms with E-state index in [4.69, 9.17) is 21.3 Å². The van der Waals surface area contributed by atoms with Crippen LogP contribution in [0.3, 0.4) is 0 Å². The summed E-state index contributed by atoms with van der Waals surface area (Å²) in [6.45, 7) is 6.71. The topological polar surface area (TPSA) is 83.1 Å². The van der Waals surface area contributed by atoms with Crippen molar-refractivity contribution < 1.29 is 17.9 Å². The molecule has 0 saturated carbocycles. The summed E-state index contributed by atoms with van der Waals surface area (Å²) in [5.74, 6) is -0.222. The molecule has 3 aromatic rings. The van der Waals surface area contributed by atoms with Crippen LogP contribution in [0, 0.1) is 6.92 Å². The second kappa shape index (κ2) is 11.3. The Morgan fingerprint density at radius 2 is 1.92 bits per heavy atom. The van der Waals surface area contributed by atoms with Gasteiger partial charge >= 0.3 is 0 Å². The average molecular weight is 563 g/mol. The molecular weight excluding hydrogens is 532 g/mol. The molecule has 2 aliphatic heterocycles. The number of morpholine rings is 1. The molecule has 2 aliphatic rings. The van der Waals surface area contributed by atoms with Gasteiger partial charge in [0.2, 0.25) is 15.9 Å². The fourth-order valence-electron chi connectivity index (χ4n) is 4.88. The second-order valence-corrected chi connectivity index (χ2v) is 12.8. The Kier molecular flexibility index (Phi) is 8.13. The van der Waals surface area contributed by atoms with Gasteiger partial charge in [-0.1, -0.05) is 40.6 Å². The molecule has 1 amide bonds. The van der Waals surface area contributed by atoms with Crippen LogP contribution in [0.25, 0.3) is 10.2 Å². The van der Waals surface area contributed by atoms with Crippen LogP contribution in [0.2, 0.25) is 5.02 Å². The number of benzene rings is 2. The minimum atomic E-state index is -3.80. The van der Waals surface area contributed by atoms with E-state index in [-0.39, 0.29) is 10.8 Å². The standard InChI is InChI=1S/C26H31ClN4O4S2/c1-19-5-8-21(9-6-19)37(33,34)31-13-2-4-23(31)25(32)30(12-3-11-29-14-16-35-17-15-29)26-28-22-10-7-20(27)18-24(22)36-26/h5-10,18,23H,2-4,11-17H2,1H3. The van der Waals surface area contributed by atoms with Crippen LogP contribution in [0.4, 0.5) is 5.13 Å². The summed E-state index contributed by atoms with van der Waals surface area (Å²) in [5, 5.41) is 1.18. The first-order chi connectivity index (χ1) is 17.8. The lowest BCUT2D eigenvalue weighted by Gasteiger charge is -2.30. The molecule has 1 aromatic heterocycles. The van der Waals surface area contributed by atoms with Gasteiger partial charge in [0.05, 0.1) is 28.3 Å².